The van der Waals surface area contributed by atoms with Crippen molar-refractivity contribution in [2.75, 3.05) is 13.1 Å². The number of β-lactam (4-membered cyclic amide) rings is 1. The number of likely N-dealkylation sites (tertiary alicyclic amines) is 1. The summed E-state index contributed by atoms with van der Waals surface area (Å²) < 4.78 is 0. The van der Waals surface area contributed by atoms with Gasteiger partial charge in [0.15, 0.2) is 0 Å². The van der Waals surface area contributed by atoms with Crippen molar-refractivity contribution in [1.29, 1.82) is 0 Å². The first-order valence-electron chi connectivity index (χ1n) is 9.37. The molecule has 4 heterocycles. The van der Waals surface area contributed by atoms with Crippen molar-refractivity contribution in [2.24, 2.45) is 11.8 Å². The number of thiazole rings is 1. The maximum absolute atomic E-state index is 12.4. The van der Waals surface area contributed by atoms with Gasteiger partial charge < -0.3 is 20.0 Å². The van der Waals surface area contributed by atoms with Crippen LogP contribution in [0.5, 0.6) is 0 Å². The molecule has 8 nitrogen and oxygen atoms in total. The minimum Gasteiger partial charge on any atom is -0.477 e. The molecular formula is C19H21N3O5S2. The second-order valence-electron chi connectivity index (χ2n) is 7.40. The van der Waals surface area contributed by atoms with Crippen molar-refractivity contribution in [3.05, 3.63) is 32.1 Å². The highest BCUT2D eigenvalue weighted by atomic mass is 32.2. The molecule has 2 amide bonds. The topological polar surface area (TPSA) is 111 Å². The molecule has 0 saturated carbocycles. The van der Waals surface area contributed by atoms with Crippen molar-refractivity contribution in [1.82, 2.24) is 14.8 Å². The molecule has 0 unspecified atom stereocenters. The number of aliphatic carboxylic acids is 1. The summed E-state index contributed by atoms with van der Waals surface area (Å²) in [4.78, 5) is 45.1. The molecule has 2 fully saturated rings. The highest BCUT2D eigenvalue weighted by Crippen LogP contribution is 2.50. The van der Waals surface area contributed by atoms with Gasteiger partial charge in [-0.15, -0.1) is 11.3 Å². The summed E-state index contributed by atoms with van der Waals surface area (Å²) in [5, 5.41) is 21.3. The number of amides is 2. The number of fused-ring (bicyclic) bond motifs is 1. The fraction of sp³-hybridized carbons (Fsp3) is 0.474. The summed E-state index contributed by atoms with van der Waals surface area (Å²) in [5.74, 6) is -2.37. The number of nitrogens with zero attached hydrogens (tertiary/aromatic N) is 3. The third kappa shape index (κ3) is 3.19. The number of aromatic nitrogens is 1. The van der Waals surface area contributed by atoms with Gasteiger partial charge in [-0.3, -0.25) is 9.59 Å². The Labute approximate surface area is 175 Å². The molecule has 4 rings (SSSR count). The van der Waals surface area contributed by atoms with Gasteiger partial charge in [0.05, 0.1) is 28.5 Å². The maximum Gasteiger partial charge on any atom is 0.353 e. The first-order chi connectivity index (χ1) is 13.8. The zero-order chi connectivity index (χ0) is 20.9. The van der Waals surface area contributed by atoms with E-state index in [1.165, 1.54) is 28.0 Å². The Kier molecular flexibility index (Phi) is 5.26. The maximum atomic E-state index is 12.4. The van der Waals surface area contributed by atoms with Crippen molar-refractivity contribution >= 4 is 47.0 Å². The number of thioether (sulfide) groups is 1. The van der Waals surface area contributed by atoms with Gasteiger partial charge in [0, 0.05) is 23.9 Å². The van der Waals surface area contributed by atoms with Gasteiger partial charge >= 0.3 is 5.97 Å². The Hall–Kier alpha value is -2.17. The number of rotatable bonds is 6. The molecule has 0 aliphatic carbocycles. The van der Waals surface area contributed by atoms with Crippen molar-refractivity contribution in [3.8, 4) is 0 Å². The smallest absolute Gasteiger partial charge is 0.353 e. The van der Waals surface area contributed by atoms with E-state index in [4.69, 9.17) is 0 Å². The Morgan fingerprint density at radius 1 is 1.41 bits per heavy atom. The Balaban J connectivity index is 1.54. The van der Waals surface area contributed by atoms with Crippen molar-refractivity contribution < 1.29 is 24.6 Å². The summed E-state index contributed by atoms with van der Waals surface area (Å²) >= 11 is 2.59. The molecule has 2 saturated heterocycles. The molecule has 154 valence electrons. The summed E-state index contributed by atoms with van der Waals surface area (Å²) in [6, 6.07) is -0.337. The number of hydrogen-bond acceptors (Lipinski definition) is 7. The van der Waals surface area contributed by atoms with E-state index in [0.29, 0.717) is 10.6 Å². The van der Waals surface area contributed by atoms with Crippen LogP contribution in [-0.2, 0) is 9.59 Å². The number of carboxylic acid groups (broad SMARTS) is 1. The third-order valence-corrected chi connectivity index (χ3v) is 7.55. The fourth-order valence-corrected chi connectivity index (χ4v) is 5.81. The number of carbonyl (C=O) groups is 3. The lowest BCUT2D eigenvalue weighted by atomic mass is 9.79. The lowest BCUT2D eigenvalue weighted by molar-refractivity contribution is -0.163. The summed E-state index contributed by atoms with van der Waals surface area (Å²) in [5.41, 5.74) is 2.02. The summed E-state index contributed by atoms with van der Waals surface area (Å²) in [6.07, 6.45) is 1.94. The van der Waals surface area contributed by atoms with E-state index in [2.05, 4.69) is 4.98 Å². The molecule has 2 N–H and O–H groups in total. The third-order valence-electron chi connectivity index (χ3n) is 5.67. The summed E-state index contributed by atoms with van der Waals surface area (Å²) in [7, 11) is 0. The Morgan fingerprint density at radius 3 is 2.72 bits per heavy atom. The van der Waals surface area contributed by atoms with Crippen LogP contribution in [0.25, 0.3) is 6.08 Å². The van der Waals surface area contributed by atoms with Gasteiger partial charge in [-0.1, -0.05) is 18.7 Å². The number of aliphatic hydroxyl groups excluding tert-OH is 1. The first kappa shape index (κ1) is 20.1. The second-order valence-corrected chi connectivity index (χ2v) is 9.24. The molecule has 0 spiro atoms. The molecule has 4 atom stereocenters. The average molecular weight is 436 g/mol. The SMILES string of the molecule is C[C@@H](O)[C@H]1C(=O)N2C(C(=O)O)=C(SC=Cc3scnc3C(=O)N3CCC3)[C@H](C)[C@H]12. The van der Waals surface area contributed by atoms with Crippen LogP contribution in [0.1, 0.15) is 35.6 Å². The standard InChI is InChI=1S/C19H21N3O5S2/c1-9-14-12(10(2)23)17(24)22(14)15(19(26)27)16(9)28-7-4-11-13(20-8-29-11)18(25)21-5-3-6-21/h4,7-10,12,14,23H,3,5-6H2,1-2H3,(H,26,27)/t9-,10-,12-,14-/m1/s1. The van der Waals surface area contributed by atoms with Gasteiger partial charge in [0.2, 0.25) is 5.91 Å². The zero-order valence-electron chi connectivity index (χ0n) is 15.9. The summed E-state index contributed by atoms with van der Waals surface area (Å²) in [6.45, 7) is 4.92. The van der Waals surface area contributed by atoms with Crippen molar-refractivity contribution in [3.63, 3.8) is 0 Å². The van der Waals surface area contributed by atoms with E-state index in [0.717, 1.165) is 24.4 Å². The minimum absolute atomic E-state index is 0.0137. The predicted molar refractivity (Wildman–Crippen MR) is 109 cm³/mol. The first-order valence-corrected chi connectivity index (χ1v) is 11.1. The van der Waals surface area contributed by atoms with Crippen LogP contribution in [0.4, 0.5) is 0 Å². The average Bonchev–Trinajstić information content (AvgIpc) is 3.15. The lowest BCUT2D eigenvalue weighted by Gasteiger charge is -2.46. The number of hydrogen-bond donors (Lipinski definition) is 2. The number of carbonyl (C=O) groups excluding carboxylic acids is 2. The molecule has 0 bridgehead atoms. The van der Waals surface area contributed by atoms with Gasteiger partial charge in [-0.05, 0) is 24.8 Å². The van der Waals surface area contributed by atoms with Crippen LogP contribution in [0.3, 0.4) is 0 Å². The van der Waals surface area contributed by atoms with Crippen LogP contribution >= 0.6 is 23.1 Å². The Morgan fingerprint density at radius 2 is 2.14 bits per heavy atom. The van der Waals surface area contributed by atoms with Crippen molar-refractivity contribution in [2.45, 2.75) is 32.4 Å². The van der Waals surface area contributed by atoms with E-state index in [9.17, 15) is 24.6 Å². The zero-order valence-corrected chi connectivity index (χ0v) is 17.6. The van der Waals surface area contributed by atoms with E-state index < -0.39 is 18.0 Å². The Bertz CT molecular complexity index is 934. The molecular weight excluding hydrogens is 414 g/mol. The van der Waals surface area contributed by atoms with Crippen LogP contribution in [0, 0.1) is 11.8 Å². The highest BCUT2D eigenvalue weighted by molar-refractivity contribution is 8.06. The quantitative estimate of drug-likeness (QED) is 0.656. The molecule has 1 aromatic rings. The molecule has 3 aliphatic heterocycles. The molecule has 0 radical (unpaired) electrons. The minimum atomic E-state index is -1.15. The number of aliphatic hydroxyl groups is 1. The van der Waals surface area contributed by atoms with Crippen LogP contribution in [0.2, 0.25) is 0 Å². The van der Waals surface area contributed by atoms with Gasteiger partial charge in [0.1, 0.15) is 11.4 Å². The second kappa shape index (κ2) is 7.58. The predicted octanol–water partition coefficient (Wildman–Crippen LogP) is 1.85. The lowest BCUT2D eigenvalue weighted by Crippen LogP contribution is -2.63. The number of carboxylic acids is 1. The largest absolute Gasteiger partial charge is 0.477 e. The van der Waals surface area contributed by atoms with E-state index in [1.54, 1.807) is 28.8 Å². The normalized spacial score (nSPS) is 27.1. The fourth-order valence-electron chi connectivity index (χ4n) is 4.05. The molecule has 1 aromatic heterocycles. The van der Waals surface area contributed by atoms with Crippen LogP contribution in [0.15, 0.2) is 21.5 Å². The molecule has 0 aromatic carbocycles. The molecule has 10 heteroatoms. The van der Waals surface area contributed by atoms with Crippen LogP contribution in [-0.4, -0.2) is 68.0 Å². The van der Waals surface area contributed by atoms with E-state index >= 15 is 0 Å². The molecule has 3 aliphatic rings. The van der Waals surface area contributed by atoms with E-state index in [1.807, 2.05) is 6.92 Å². The monoisotopic (exact) mass is 435 g/mol. The van der Waals surface area contributed by atoms with Gasteiger partial charge in [-0.2, -0.15) is 0 Å². The highest BCUT2D eigenvalue weighted by Gasteiger charge is 2.59. The van der Waals surface area contributed by atoms with Gasteiger partial charge in [-0.25, -0.2) is 9.78 Å². The van der Waals surface area contributed by atoms with Crippen LogP contribution < -0.4 is 0 Å². The van der Waals surface area contributed by atoms with E-state index in [-0.39, 0.29) is 29.5 Å². The van der Waals surface area contributed by atoms with Gasteiger partial charge in [0.25, 0.3) is 5.91 Å². The molecule has 29 heavy (non-hydrogen) atoms.